The molecule has 0 fully saturated rings. The molecule has 0 aromatic heterocycles. The van der Waals surface area contributed by atoms with Crippen molar-refractivity contribution in [3.63, 3.8) is 0 Å². The monoisotopic (exact) mass is 453 g/mol. The van der Waals surface area contributed by atoms with Gasteiger partial charge in [0.25, 0.3) is 0 Å². The Morgan fingerprint density at radius 3 is 2.45 bits per heavy atom. The van der Waals surface area contributed by atoms with Gasteiger partial charge in [0.15, 0.2) is 11.5 Å². The predicted octanol–water partition coefficient (Wildman–Crippen LogP) is 7.38. The number of ether oxygens (including phenoxy) is 2. The maximum Gasteiger partial charge on any atom is 0.161 e. The Labute approximate surface area is 184 Å². The Morgan fingerprint density at radius 2 is 1.72 bits per heavy atom. The number of rotatable bonds is 8. The summed E-state index contributed by atoms with van der Waals surface area (Å²) >= 11 is 18.2. The molecule has 0 unspecified atom stereocenters. The zero-order valence-corrected chi connectivity index (χ0v) is 17.9. The summed E-state index contributed by atoms with van der Waals surface area (Å²) in [6, 6.07) is 15.4. The van der Waals surface area contributed by atoms with E-state index in [2.05, 4.69) is 5.32 Å². The Kier molecular flexibility index (Phi) is 7.48. The van der Waals surface area contributed by atoms with Crippen LogP contribution in [0.15, 0.2) is 54.6 Å². The van der Waals surface area contributed by atoms with E-state index < -0.39 is 5.82 Å². The molecule has 3 aromatic rings. The summed E-state index contributed by atoms with van der Waals surface area (Å²) in [5, 5.41) is 4.71. The van der Waals surface area contributed by atoms with Crippen molar-refractivity contribution in [2.75, 3.05) is 11.9 Å². The fourth-order valence-electron chi connectivity index (χ4n) is 2.70. The molecule has 0 saturated heterocycles. The van der Waals surface area contributed by atoms with Gasteiger partial charge in [-0.1, -0.05) is 46.9 Å². The first-order valence-corrected chi connectivity index (χ1v) is 10.1. The van der Waals surface area contributed by atoms with Gasteiger partial charge in [-0.2, -0.15) is 0 Å². The van der Waals surface area contributed by atoms with E-state index in [-0.39, 0.29) is 6.61 Å². The summed E-state index contributed by atoms with van der Waals surface area (Å²) in [5.74, 6) is 0.678. The van der Waals surface area contributed by atoms with Crippen LogP contribution in [0, 0.1) is 5.82 Å². The average Bonchev–Trinajstić information content (AvgIpc) is 2.68. The fraction of sp³-hybridized carbons (Fsp3) is 0.182. The zero-order valence-electron chi connectivity index (χ0n) is 15.6. The third-order valence-corrected chi connectivity index (χ3v) is 5.06. The maximum atomic E-state index is 14.0. The number of benzene rings is 3. The summed E-state index contributed by atoms with van der Waals surface area (Å²) in [5.41, 5.74) is 2.05. The predicted molar refractivity (Wildman–Crippen MR) is 117 cm³/mol. The first-order valence-electron chi connectivity index (χ1n) is 8.98. The van der Waals surface area contributed by atoms with Crippen LogP contribution >= 0.6 is 34.8 Å². The lowest BCUT2D eigenvalue weighted by molar-refractivity contribution is 0.265. The molecule has 0 bridgehead atoms. The third kappa shape index (κ3) is 5.69. The minimum Gasteiger partial charge on any atom is -0.490 e. The van der Waals surface area contributed by atoms with Crippen LogP contribution in [0.4, 0.5) is 10.1 Å². The molecule has 152 valence electrons. The van der Waals surface area contributed by atoms with E-state index in [4.69, 9.17) is 44.3 Å². The number of hydrogen-bond donors (Lipinski definition) is 1. The van der Waals surface area contributed by atoms with E-state index >= 15 is 0 Å². The first kappa shape index (κ1) is 21.6. The molecule has 0 saturated carbocycles. The topological polar surface area (TPSA) is 30.5 Å². The average molecular weight is 455 g/mol. The second kappa shape index (κ2) is 10.1. The minimum absolute atomic E-state index is 0.00353. The van der Waals surface area contributed by atoms with Gasteiger partial charge in [0.05, 0.1) is 22.3 Å². The van der Waals surface area contributed by atoms with Crippen molar-refractivity contribution in [2.45, 2.75) is 20.1 Å². The lowest BCUT2D eigenvalue weighted by Crippen LogP contribution is -2.04. The highest BCUT2D eigenvalue weighted by Crippen LogP contribution is 2.31. The summed E-state index contributed by atoms with van der Waals surface area (Å²) in [6.45, 7) is 2.89. The molecule has 29 heavy (non-hydrogen) atoms. The lowest BCUT2D eigenvalue weighted by Gasteiger charge is -2.15. The van der Waals surface area contributed by atoms with Crippen molar-refractivity contribution in [1.29, 1.82) is 0 Å². The molecule has 0 amide bonds. The van der Waals surface area contributed by atoms with Gasteiger partial charge >= 0.3 is 0 Å². The fourth-order valence-corrected chi connectivity index (χ4v) is 3.39. The van der Waals surface area contributed by atoms with Gasteiger partial charge < -0.3 is 14.8 Å². The highest BCUT2D eigenvalue weighted by Gasteiger charge is 2.11. The van der Waals surface area contributed by atoms with Crippen molar-refractivity contribution in [3.8, 4) is 11.5 Å². The van der Waals surface area contributed by atoms with Crippen molar-refractivity contribution >= 4 is 40.5 Å². The van der Waals surface area contributed by atoms with Crippen LogP contribution in [0.3, 0.4) is 0 Å². The summed E-state index contributed by atoms with van der Waals surface area (Å²) in [6.07, 6.45) is 0. The Bertz CT molecular complexity index is 978. The molecule has 3 nitrogen and oxygen atoms in total. The Morgan fingerprint density at radius 1 is 0.897 bits per heavy atom. The molecule has 3 aromatic carbocycles. The van der Waals surface area contributed by atoms with Crippen LogP contribution in [-0.2, 0) is 13.2 Å². The minimum atomic E-state index is -0.406. The quantitative estimate of drug-likeness (QED) is 0.385. The van der Waals surface area contributed by atoms with Gasteiger partial charge in [-0.3, -0.25) is 0 Å². The van der Waals surface area contributed by atoms with Crippen molar-refractivity contribution in [2.24, 2.45) is 0 Å². The summed E-state index contributed by atoms with van der Waals surface area (Å²) < 4.78 is 25.4. The van der Waals surface area contributed by atoms with Crippen molar-refractivity contribution in [3.05, 3.63) is 86.6 Å². The zero-order chi connectivity index (χ0) is 20.8. The van der Waals surface area contributed by atoms with E-state index in [1.165, 1.54) is 6.07 Å². The maximum absolute atomic E-state index is 14.0. The van der Waals surface area contributed by atoms with Gasteiger partial charge in [0.1, 0.15) is 12.4 Å². The highest BCUT2D eigenvalue weighted by atomic mass is 35.5. The van der Waals surface area contributed by atoms with Gasteiger partial charge in [-0.25, -0.2) is 4.39 Å². The third-order valence-electron chi connectivity index (χ3n) is 4.16. The standard InChI is InChI=1S/C22H19Cl3FNO2/c1-2-28-22-10-14(12-27-20-8-7-15(23)11-18(20)25)6-9-21(22)29-13-16-17(24)4-3-5-19(16)26/h3-11,27H,2,12-13H2,1H3. The normalized spacial score (nSPS) is 10.7. The molecular weight excluding hydrogens is 436 g/mol. The van der Waals surface area contributed by atoms with E-state index in [0.29, 0.717) is 45.3 Å². The van der Waals surface area contributed by atoms with E-state index in [1.807, 2.05) is 25.1 Å². The SMILES string of the molecule is CCOc1cc(CNc2ccc(Cl)cc2Cl)ccc1OCc1c(F)cccc1Cl. The lowest BCUT2D eigenvalue weighted by atomic mass is 10.2. The molecule has 0 atom stereocenters. The van der Waals surface area contributed by atoms with Gasteiger partial charge in [0, 0.05) is 17.1 Å². The van der Waals surface area contributed by atoms with Crippen molar-refractivity contribution in [1.82, 2.24) is 0 Å². The van der Waals surface area contributed by atoms with Crippen LogP contribution in [0.2, 0.25) is 15.1 Å². The molecule has 0 radical (unpaired) electrons. The van der Waals surface area contributed by atoms with E-state index in [9.17, 15) is 4.39 Å². The molecule has 7 heteroatoms. The van der Waals surface area contributed by atoms with Crippen molar-refractivity contribution < 1.29 is 13.9 Å². The van der Waals surface area contributed by atoms with Crippen LogP contribution < -0.4 is 14.8 Å². The number of anilines is 1. The molecule has 0 aliphatic rings. The molecule has 0 spiro atoms. The van der Waals surface area contributed by atoms with Gasteiger partial charge in [-0.05, 0) is 55.0 Å². The molecule has 3 rings (SSSR count). The van der Waals surface area contributed by atoms with Crippen LogP contribution in [0.1, 0.15) is 18.1 Å². The molecular formula is C22H19Cl3FNO2. The van der Waals surface area contributed by atoms with Gasteiger partial charge in [-0.15, -0.1) is 0 Å². The van der Waals surface area contributed by atoms with Crippen LogP contribution in [0.5, 0.6) is 11.5 Å². The molecule has 1 N–H and O–H groups in total. The second-order valence-corrected chi connectivity index (χ2v) is 7.43. The van der Waals surface area contributed by atoms with E-state index in [0.717, 1.165) is 11.3 Å². The number of nitrogens with one attached hydrogen (secondary N) is 1. The van der Waals surface area contributed by atoms with E-state index in [1.54, 1.807) is 30.3 Å². The molecule has 0 aliphatic carbocycles. The second-order valence-electron chi connectivity index (χ2n) is 6.18. The van der Waals surface area contributed by atoms with Gasteiger partial charge in [0.2, 0.25) is 0 Å². The number of hydrogen-bond acceptors (Lipinski definition) is 3. The molecule has 0 aliphatic heterocycles. The highest BCUT2D eigenvalue weighted by molar-refractivity contribution is 6.36. The first-order chi connectivity index (χ1) is 14.0. The Hall–Kier alpha value is -2.14. The van der Waals surface area contributed by atoms with Crippen LogP contribution in [-0.4, -0.2) is 6.61 Å². The number of halogens is 4. The largest absolute Gasteiger partial charge is 0.490 e. The summed E-state index contributed by atoms with van der Waals surface area (Å²) in [4.78, 5) is 0. The smallest absolute Gasteiger partial charge is 0.161 e. The van der Waals surface area contributed by atoms with Crippen LogP contribution in [0.25, 0.3) is 0 Å². The Balaban J connectivity index is 1.72. The summed E-state index contributed by atoms with van der Waals surface area (Å²) in [7, 11) is 0. The molecule has 0 heterocycles.